The Morgan fingerprint density at radius 1 is 1.19 bits per heavy atom. The highest BCUT2D eigenvalue weighted by molar-refractivity contribution is 9.11. The summed E-state index contributed by atoms with van der Waals surface area (Å²) in [6.07, 6.45) is 1.31. The van der Waals surface area contributed by atoms with Crippen LogP contribution in [0.1, 0.15) is 5.76 Å². The third-order valence-corrected chi connectivity index (χ3v) is 5.70. The summed E-state index contributed by atoms with van der Waals surface area (Å²) in [6.45, 7) is -0.252. The number of hydrogen-bond donors (Lipinski definition) is 1. The van der Waals surface area contributed by atoms with Gasteiger partial charge in [0.25, 0.3) is 11.6 Å². The molecule has 2 aromatic carbocycles. The van der Waals surface area contributed by atoms with E-state index in [1.807, 2.05) is 0 Å². The molecule has 0 aliphatic heterocycles. The second kappa shape index (κ2) is 10.4. The number of amides is 1. The van der Waals surface area contributed by atoms with Crippen molar-refractivity contribution < 1.29 is 18.9 Å². The number of non-ortho nitro benzene ring substituents is 1. The van der Waals surface area contributed by atoms with Crippen molar-refractivity contribution >= 4 is 77.2 Å². The lowest BCUT2D eigenvalue weighted by atomic mass is 10.1. The zero-order valence-corrected chi connectivity index (χ0v) is 20.8. The third-order valence-electron chi connectivity index (χ3n) is 3.75. The molecular weight excluding hydrogens is 625 g/mol. The van der Waals surface area contributed by atoms with Crippen molar-refractivity contribution in [2.75, 3.05) is 6.61 Å². The normalized spacial score (nSPS) is 11.0. The first kappa shape index (κ1) is 23.5. The van der Waals surface area contributed by atoms with Gasteiger partial charge < -0.3 is 9.15 Å². The van der Waals surface area contributed by atoms with Gasteiger partial charge >= 0.3 is 0 Å². The number of hydrogen-bond acceptors (Lipinski definition) is 6. The number of carbonyl (C=O) groups excluding carboxylic acids is 1. The summed E-state index contributed by atoms with van der Waals surface area (Å²) in [5.74, 6) is 0.770. The molecule has 3 aromatic rings. The Balaban J connectivity index is 1.58. The van der Waals surface area contributed by atoms with Crippen LogP contribution in [0, 0.1) is 10.1 Å². The number of hydrazone groups is 1. The number of benzene rings is 2. The smallest absolute Gasteiger partial charge is 0.277 e. The second-order valence-corrected chi connectivity index (χ2v) is 8.94. The number of nitrogens with zero attached hydrogens (tertiary/aromatic N) is 2. The van der Waals surface area contributed by atoms with E-state index in [0.29, 0.717) is 31.8 Å². The van der Waals surface area contributed by atoms with E-state index in [0.717, 1.165) is 4.47 Å². The Morgan fingerprint density at radius 2 is 1.90 bits per heavy atom. The fraction of sp³-hybridized carbons (Fsp3) is 0.0526. The van der Waals surface area contributed by atoms with Gasteiger partial charge in [0.15, 0.2) is 6.61 Å². The predicted molar refractivity (Wildman–Crippen MR) is 127 cm³/mol. The predicted octanol–water partition coefficient (Wildman–Crippen LogP) is 6.32. The highest BCUT2D eigenvalue weighted by Gasteiger charge is 2.14. The summed E-state index contributed by atoms with van der Waals surface area (Å²) in [7, 11) is 0. The van der Waals surface area contributed by atoms with Gasteiger partial charge in [-0.2, -0.15) is 5.10 Å². The van der Waals surface area contributed by atoms with Crippen LogP contribution in [-0.2, 0) is 4.79 Å². The van der Waals surface area contributed by atoms with Crippen molar-refractivity contribution in [3.63, 3.8) is 0 Å². The Hall–Kier alpha value is -2.21. The first-order valence-corrected chi connectivity index (χ1v) is 11.1. The molecule has 1 aromatic heterocycles. The maximum Gasteiger partial charge on any atom is 0.277 e. The van der Waals surface area contributed by atoms with Crippen LogP contribution in [0.25, 0.3) is 11.3 Å². The topological polar surface area (TPSA) is 107 Å². The zero-order valence-electron chi connectivity index (χ0n) is 15.3. The molecule has 0 saturated heterocycles. The van der Waals surface area contributed by atoms with E-state index in [9.17, 15) is 14.9 Å². The molecule has 8 nitrogen and oxygen atoms in total. The Labute approximate surface area is 206 Å². The molecule has 0 unspecified atom stereocenters. The molecule has 160 valence electrons. The molecule has 12 heteroatoms. The average Bonchev–Trinajstić information content (AvgIpc) is 3.15. The third kappa shape index (κ3) is 6.16. The molecule has 31 heavy (non-hydrogen) atoms. The quantitative estimate of drug-likeness (QED) is 0.186. The molecule has 0 saturated carbocycles. The summed E-state index contributed by atoms with van der Waals surface area (Å²) >= 11 is 16.2. The van der Waals surface area contributed by atoms with Crippen LogP contribution in [0.4, 0.5) is 5.69 Å². The van der Waals surface area contributed by atoms with Crippen LogP contribution < -0.4 is 10.2 Å². The minimum Gasteiger partial charge on any atom is -0.481 e. The van der Waals surface area contributed by atoms with Gasteiger partial charge in [-0.1, -0.05) is 27.5 Å². The van der Waals surface area contributed by atoms with Gasteiger partial charge in [0.05, 0.1) is 25.1 Å². The zero-order chi connectivity index (χ0) is 22.5. The summed E-state index contributed by atoms with van der Waals surface area (Å²) in [6, 6.07) is 10.9. The fourth-order valence-corrected chi connectivity index (χ4v) is 5.14. The minimum atomic E-state index is -0.531. The van der Waals surface area contributed by atoms with Crippen LogP contribution in [0.3, 0.4) is 0 Å². The number of nitro benzene ring substituents is 1. The first-order chi connectivity index (χ1) is 14.7. The maximum atomic E-state index is 12.0. The van der Waals surface area contributed by atoms with Crippen molar-refractivity contribution in [2.45, 2.75) is 0 Å². The largest absolute Gasteiger partial charge is 0.481 e. The Kier molecular flexibility index (Phi) is 7.87. The molecule has 1 heterocycles. The van der Waals surface area contributed by atoms with Crippen LogP contribution >= 0.6 is 59.4 Å². The summed E-state index contributed by atoms with van der Waals surface area (Å²) < 4.78 is 13.3. The molecule has 0 aliphatic carbocycles. The highest BCUT2D eigenvalue weighted by atomic mass is 79.9. The number of carbonyl (C=O) groups is 1. The van der Waals surface area contributed by atoms with Crippen molar-refractivity contribution in [1.29, 1.82) is 0 Å². The SMILES string of the molecule is O=C(COc1c(Br)cc(Br)cc1Br)N/N=C\c1ccc(-c2ccc([N+](=O)[O-])cc2Cl)o1. The first-order valence-electron chi connectivity index (χ1n) is 8.38. The van der Waals surface area contributed by atoms with E-state index in [1.54, 1.807) is 24.3 Å². The molecule has 1 N–H and O–H groups in total. The standard InChI is InChI=1S/C19H11Br3ClN3O5/c20-10-5-14(21)19(15(22)6-10)30-9-18(27)25-24-8-12-2-4-17(31-12)13-3-1-11(26(28)29)7-16(13)23/h1-8H,9H2,(H,25,27)/b24-8-. The van der Waals surface area contributed by atoms with Gasteiger partial charge in [0, 0.05) is 22.2 Å². The van der Waals surface area contributed by atoms with Gasteiger partial charge in [-0.05, 0) is 62.2 Å². The summed E-state index contributed by atoms with van der Waals surface area (Å²) in [5, 5.41) is 14.8. The van der Waals surface area contributed by atoms with Crippen molar-refractivity contribution in [1.82, 2.24) is 5.43 Å². The van der Waals surface area contributed by atoms with Crippen molar-refractivity contribution in [2.24, 2.45) is 5.10 Å². The van der Waals surface area contributed by atoms with E-state index >= 15 is 0 Å². The number of ether oxygens (including phenoxy) is 1. The second-order valence-electron chi connectivity index (χ2n) is 5.90. The average molecular weight is 636 g/mol. The van der Waals surface area contributed by atoms with E-state index < -0.39 is 10.8 Å². The molecule has 0 aliphatic rings. The van der Waals surface area contributed by atoms with Crippen molar-refractivity contribution in [3.8, 4) is 17.1 Å². The molecule has 0 spiro atoms. The van der Waals surface area contributed by atoms with Gasteiger partial charge in [-0.3, -0.25) is 14.9 Å². The number of rotatable bonds is 7. The highest BCUT2D eigenvalue weighted by Crippen LogP contribution is 2.36. The number of furan rings is 1. The minimum absolute atomic E-state index is 0.116. The molecule has 1 amide bonds. The number of nitro groups is 1. The molecular formula is C19H11Br3ClN3O5. The molecule has 0 radical (unpaired) electrons. The van der Waals surface area contributed by atoms with Crippen LogP contribution in [-0.4, -0.2) is 23.7 Å². The van der Waals surface area contributed by atoms with Gasteiger partial charge in [0.2, 0.25) is 0 Å². The Morgan fingerprint density at radius 3 is 2.55 bits per heavy atom. The monoisotopic (exact) mass is 633 g/mol. The van der Waals surface area contributed by atoms with Crippen LogP contribution in [0.5, 0.6) is 5.75 Å². The Bertz CT molecular complexity index is 1160. The molecule has 0 fully saturated rings. The van der Waals surface area contributed by atoms with Gasteiger partial charge in [0.1, 0.15) is 17.3 Å². The molecule has 0 bridgehead atoms. The van der Waals surface area contributed by atoms with E-state index in [2.05, 4.69) is 58.3 Å². The van der Waals surface area contributed by atoms with Crippen molar-refractivity contribution in [3.05, 3.63) is 76.8 Å². The van der Waals surface area contributed by atoms with Crippen LogP contribution in [0.2, 0.25) is 5.02 Å². The summed E-state index contributed by atoms with van der Waals surface area (Å²) in [4.78, 5) is 22.2. The number of nitrogens with one attached hydrogen (secondary N) is 1. The van der Waals surface area contributed by atoms with E-state index in [-0.39, 0.29) is 17.3 Å². The molecule has 3 rings (SSSR count). The maximum absolute atomic E-state index is 12.0. The van der Waals surface area contributed by atoms with Gasteiger partial charge in [-0.25, -0.2) is 5.43 Å². The van der Waals surface area contributed by atoms with E-state index in [1.165, 1.54) is 24.4 Å². The summed E-state index contributed by atoms with van der Waals surface area (Å²) in [5.41, 5.74) is 2.72. The lowest BCUT2D eigenvalue weighted by Crippen LogP contribution is -2.24. The lowest BCUT2D eigenvalue weighted by Gasteiger charge is -2.09. The van der Waals surface area contributed by atoms with E-state index in [4.69, 9.17) is 20.8 Å². The lowest BCUT2D eigenvalue weighted by molar-refractivity contribution is -0.384. The van der Waals surface area contributed by atoms with Gasteiger partial charge in [-0.15, -0.1) is 0 Å². The van der Waals surface area contributed by atoms with Crippen LogP contribution in [0.15, 0.2) is 65.4 Å². The number of halogens is 4. The fourth-order valence-electron chi connectivity index (χ4n) is 2.39. The molecule has 0 atom stereocenters.